The van der Waals surface area contributed by atoms with Crippen molar-refractivity contribution < 1.29 is 18.4 Å². The third kappa shape index (κ3) is 4.64. The van der Waals surface area contributed by atoms with Crippen LogP contribution in [0.15, 0.2) is 146 Å². The molecule has 1 atom stereocenters. The number of hydrogen-bond acceptors (Lipinski definition) is 2. The minimum Gasteiger partial charge on any atom is -0.496 e. The smallest absolute Gasteiger partial charge is 0.181 e. The molecule has 0 amide bonds. The van der Waals surface area contributed by atoms with Crippen molar-refractivity contribution in [2.75, 3.05) is 7.11 Å². The lowest BCUT2D eigenvalue weighted by atomic mass is 10.00. The van der Waals surface area contributed by atoms with Crippen LogP contribution in [0.1, 0.15) is 11.1 Å². The molecular formula is C37H31N2O2P+2. The third-order valence-electron chi connectivity index (χ3n) is 8.02. The SMILES string of the molecule is COc1cc2c(cc1-c1cc[n+](Cc3ccccc3)cc1)P(=O)(c1ccccc1)c1c[n+](Cc3ccccc3)ccc1-2. The first-order chi connectivity index (χ1) is 20.6. The first-order valence-corrected chi connectivity index (χ1v) is 15.8. The highest BCUT2D eigenvalue weighted by Gasteiger charge is 2.43. The van der Waals surface area contributed by atoms with Crippen LogP contribution in [0.4, 0.5) is 0 Å². The van der Waals surface area contributed by atoms with Gasteiger partial charge in [0.1, 0.15) is 5.75 Å². The Kier molecular flexibility index (Phi) is 6.77. The maximum atomic E-state index is 15.4. The van der Waals surface area contributed by atoms with Crippen molar-refractivity contribution in [1.29, 1.82) is 0 Å². The number of benzene rings is 4. The first kappa shape index (κ1) is 26.1. The maximum Gasteiger partial charge on any atom is 0.181 e. The van der Waals surface area contributed by atoms with E-state index in [4.69, 9.17) is 4.74 Å². The monoisotopic (exact) mass is 566 g/mol. The standard InChI is InChI=1S/C37H31N2O2P/c1-41-35-23-34-32-19-22-39(26-29-13-7-3-8-14-29)27-37(32)42(40,31-15-9-4-10-16-31)36(34)24-33(35)30-17-20-38(21-18-30)25-28-11-5-2-6-12-28/h2-24,27H,25-26H2,1H3/q+2. The Morgan fingerprint density at radius 2 is 1.17 bits per heavy atom. The number of ether oxygens (including phenoxy) is 1. The number of methoxy groups -OCH3 is 1. The number of rotatable bonds is 7. The van der Waals surface area contributed by atoms with Crippen molar-refractivity contribution in [3.63, 3.8) is 0 Å². The number of nitrogens with zero attached hydrogens (tertiary/aromatic N) is 2. The molecule has 1 aliphatic rings. The van der Waals surface area contributed by atoms with Gasteiger partial charge in [0.05, 0.1) is 12.4 Å². The first-order valence-electron chi connectivity index (χ1n) is 14.1. The van der Waals surface area contributed by atoms with Gasteiger partial charge in [0.25, 0.3) is 0 Å². The third-order valence-corrected chi connectivity index (χ3v) is 11.1. The predicted octanol–water partition coefficient (Wildman–Crippen LogP) is 5.65. The summed E-state index contributed by atoms with van der Waals surface area (Å²) in [5, 5.41) is 2.57. The molecule has 0 aliphatic carbocycles. The Hall–Kier alpha value is -4.79. The Bertz CT molecular complexity index is 1920. The topological polar surface area (TPSA) is 34.1 Å². The van der Waals surface area contributed by atoms with Gasteiger partial charge in [0.2, 0.25) is 0 Å². The van der Waals surface area contributed by atoms with E-state index in [0.29, 0.717) is 6.54 Å². The molecule has 1 aliphatic heterocycles. The molecule has 42 heavy (non-hydrogen) atoms. The van der Waals surface area contributed by atoms with E-state index in [1.165, 1.54) is 11.1 Å². The molecule has 6 aromatic rings. The highest BCUT2D eigenvalue weighted by atomic mass is 31.2. The fourth-order valence-corrected chi connectivity index (χ4v) is 9.01. The minimum absolute atomic E-state index is 0.709. The highest BCUT2D eigenvalue weighted by molar-refractivity contribution is 7.86. The van der Waals surface area contributed by atoms with E-state index in [9.17, 15) is 0 Å². The van der Waals surface area contributed by atoms with E-state index in [1.807, 2.05) is 42.5 Å². The van der Waals surface area contributed by atoms with Gasteiger partial charge in [-0.25, -0.2) is 4.57 Å². The van der Waals surface area contributed by atoms with Crippen molar-refractivity contribution in [1.82, 2.24) is 0 Å². The molecule has 0 spiro atoms. The van der Waals surface area contributed by atoms with Crippen LogP contribution in [-0.4, -0.2) is 7.11 Å². The van der Waals surface area contributed by atoms with Crippen LogP contribution in [0.25, 0.3) is 22.3 Å². The number of pyridine rings is 2. The van der Waals surface area contributed by atoms with E-state index in [0.717, 1.165) is 50.5 Å². The molecule has 7 rings (SSSR count). The second-order valence-corrected chi connectivity index (χ2v) is 13.4. The Morgan fingerprint density at radius 1 is 0.595 bits per heavy atom. The molecule has 3 heterocycles. The quantitative estimate of drug-likeness (QED) is 0.185. The molecule has 1 unspecified atom stereocenters. The minimum atomic E-state index is -3.15. The molecule has 0 fully saturated rings. The summed E-state index contributed by atoms with van der Waals surface area (Å²) >= 11 is 0. The average Bonchev–Trinajstić information content (AvgIpc) is 3.29. The van der Waals surface area contributed by atoms with Crippen LogP contribution in [-0.2, 0) is 17.7 Å². The molecule has 204 valence electrons. The number of hydrogen-bond donors (Lipinski definition) is 0. The highest BCUT2D eigenvalue weighted by Crippen LogP contribution is 2.53. The second-order valence-electron chi connectivity index (χ2n) is 10.7. The fourth-order valence-electron chi connectivity index (χ4n) is 5.92. The lowest BCUT2D eigenvalue weighted by Crippen LogP contribution is -2.37. The lowest BCUT2D eigenvalue weighted by Gasteiger charge is -2.17. The van der Waals surface area contributed by atoms with Gasteiger partial charge in [-0.1, -0.05) is 91.0 Å². The summed E-state index contributed by atoms with van der Waals surface area (Å²) in [6.45, 7) is 1.50. The summed E-state index contributed by atoms with van der Waals surface area (Å²) in [6.07, 6.45) is 8.34. The lowest BCUT2D eigenvalue weighted by molar-refractivity contribution is -0.688. The predicted molar refractivity (Wildman–Crippen MR) is 168 cm³/mol. The van der Waals surface area contributed by atoms with Crippen LogP contribution < -0.4 is 29.8 Å². The molecule has 0 N–H and O–H groups in total. The molecule has 0 saturated heterocycles. The summed E-state index contributed by atoms with van der Waals surface area (Å²) in [5.41, 5.74) is 6.37. The van der Waals surface area contributed by atoms with Crippen LogP contribution in [0.3, 0.4) is 0 Å². The molecule has 2 aromatic heterocycles. The van der Waals surface area contributed by atoms with Crippen molar-refractivity contribution in [3.05, 3.63) is 157 Å². The molecular weight excluding hydrogens is 535 g/mol. The van der Waals surface area contributed by atoms with Crippen molar-refractivity contribution in [2.24, 2.45) is 0 Å². The largest absolute Gasteiger partial charge is 0.496 e. The zero-order valence-corrected chi connectivity index (χ0v) is 24.3. The normalized spacial score (nSPS) is 15.2. The van der Waals surface area contributed by atoms with Gasteiger partial charge in [0.15, 0.2) is 45.0 Å². The summed E-state index contributed by atoms with van der Waals surface area (Å²) in [4.78, 5) is 0. The molecule has 5 heteroatoms. The number of aromatic nitrogens is 2. The Labute approximate surface area is 246 Å². The van der Waals surface area contributed by atoms with E-state index in [1.54, 1.807) is 7.11 Å². The zero-order chi connectivity index (χ0) is 28.5. The summed E-state index contributed by atoms with van der Waals surface area (Å²) in [5.74, 6) is 0.767. The van der Waals surface area contributed by atoms with E-state index >= 15 is 4.57 Å². The molecule has 0 bridgehead atoms. The van der Waals surface area contributed by atoms with Gasteiger partial charge >= 0.3 is 0 Å². The van der Waals surface area contributed by atoms with E-state index in [2.05, 4.69) is 113 Å². The Morgan fingerprint density at radius 3 is 1.79 bits per heavy atom. The molecule has 0 radical (unpaired) electrons. The molecule has 4 aromatic carbocycles. The summed E-state index contributed by atoms with van der Waals surface area (Å²) in [6, 6.07) is 41.2. The average molecular weight is 567 g/mol. The van der Waals surface area contributed by atoms with Gasteiger partial charge in [-0.15, -0.1) is 0 Å². The van der Waals surface area contributed by atoms with Crippen LogP contribution >= 0.6 is 7.14 Å². The van der Waals surface area contributed by atoms with E-state index in [-0.39, 0.29) is 0 Å². The van der Waals surface area contributed by atoms with E-state index < -0.39 is 7.14 Å². The zero-order valence-electron chi connectivity index (χ0n) is 23.4. The van der Waals surface area contributed by atoms with Crippen LogP contribution in [0.2, 0.25) is 0 Å². The van der Waals surface area contributed by atoms with Crippen LogP contribution in [0, 0.1) is 0 Å². The summed E-state index contributed by atoms with van der Waals surface area (Å²) in [7, 11) is -1.45. The van der Waals surface area contributed by atoms with Crippen molar-refractivity contribution in [2.45, 2.75) is 13.1 Å². The van der Waals surface area contributed by atoms with Gasteiger partial charge in [-0.3, -0.25) is 0 Å². The van der Waals surface area contributed by atoms with Gasteiger partial charge < -0.3 is 9.30 Å². The van der Waals surface area contributed by atoms with Crippen molar-refractivity contribution in [3.8, 4) is 28.0 Å². The fraction of sp³-hybridized carbons (Fsp3) is 0.0811. The van der Waals surface area contributed by atoms with Gasteiger partial charge in [0, 0.05) is 51.1 Å². The number of fused-ring (bicyclic) bond motifs is 3. The van der Waals surface area contributed by atoms with Crippen molar-refractivity contribution >= 4 is 23.1 Å². The van der Waals surface area contributed by atoms with Gasteiger partial charge in [-0.2, -0.15) is 4.57 Å². The van der Waals surface area contributed by atoms with Gasteiger partial charge in [-0.05, 0) is 23.3 Å². The molecule has 0 saturated carbocycles. The summed E-state index contributed by atoms with van der Waals surface area (Å²) < 4.78 is 25.7. The Balaban J connectivity index is 1.34. The van der Waals surface area contributed by atoms with Crippen LogP contribution in [0.5, 0.6) is 5.75 Å². The second kappa shape index (κ2) is 10.9. The maximum absolute atomic E-state index is 15.4. The molecule has 4 nitrogen and oxygen atoms in total.